The van der Waals surface area contributed by atoms with E-state index < -0.39 is 35.9 Å². The van der Waals surface area contributed by atoms with Gasteiger partial charge in [-0.25, -0.2) is 9.78 Å². The molecule has 1 aromatic heterocycles. The maximum Gasteiger partial charge on any atom is 0.326 e. The number of aliphatic carboxylic acids is 1. The number of aromatic amines is 1. The molecule has 2 amide bonds. The number of benzene rings is 2. The van der Waals surface area contributed by atoms with Crippen molar-refractivity contribution >= 4 is 17.8 Å². The van der Waals surface area contributed by atoms with Crippen molar-refractivity contribution in [3.8, 4) is 0 Å². The Morgan fingerprint density at radius 3 is 1.97 bits per heavy atom. The van der Waals surface area contributed by atoms with E-state index in [-0.39, 0.29) is 12.8 Å². The number of imidazole rings is 1. The smallest absolute Gasteiger partial charge is 0.326 e. The van der Waals surface area contributed by atoms with Gasteiger partial charge in [-0.05, 0) is 17.5 Å². The van der Waals surface area contributed by atoms with Crippen LogP contribution in [0.2, 0.25) is 0 Å². The zero-order valence-corrected chi connectivity index (χ0v) is 18.0. The molecule has 0 saturated heterocycles. The third-order valence-corrected chi connectivity index (χ3v) is 5.14. The molecule has 0 aliphatic heterocycles. The van der Waals surface area contributed by atoms with Gasteiger partial charge in [0.2, 0.25) is 11.8 Å². The molecule has 3 atom stereocenters. The highest BCUT2D eigenvalue weighted by Crippen LogP contribution is 2.07. The molecule has 6 N–H and O–H groups in total. The zero-order chi connectivity index (χ0) is 23.6. The van der Waals surface area contributed by atoms with Crippen LogP contribution in [0, 0.1) is 0 Å². The molecule has 0 aliphatic carbocycles. The van der Waals surface area contributed by atoms with Crippen molar-refractivity contribution in [2.75, 3.05) is 0 Å². The number of aromatic nitrogens is 2. The highest BCUT2D eigenvalue weighted by molar-refractivity contribution is 5.92. The van der Waals surface area contributed by atoms with Crippen molar-refractivity contribution in [1.82, 2.24) is 20.6 Å². The van der Waals surface area contributed by atoms with E-state index in [1.165, 1.54) is 12.5 Å². The van der Waals surface area contributed by atoms with Crippen LogP contribution in [0.4, 0.5) is 0 Å². The third-order valence-electron chi connectivity index (χ3n) is 5.14. The summed E-state index contributed by atoms with van der Waals surface area (Å²) < 4.78 is 0. The Morgan fingerprint density at radius 1 is 0.848 bits per heavy atom. The van der Waals surface area contributed by atoms with Crippen LogP contribution in [0.3, 0.4) is 0 Å². The number of hydrogen-bond acceptors (Lipinski definition) is 5. The Labute approximate surface area is 191 Å². The second-order valence-corrected chi connectivity index (χ2v) is 7.73. The van der Waals surface area contributed by atoms with E-state index in [0.29, 0.717) is 12.1 Å². The minimum atomic E-state index is -1.17. The van der Waals surface area contributed by atoms with E-state index in [1.807, 2.05) is 36.4 Å². The van der Waals surface area contributed by atoms with E-state index in [0.717, 1.165) is 11.1 Å². The van der Waals surface area contributed by atoms with Gasteiger partial charge in [0, 0.05) is 24.7 Å². The number of hydrogen-bond donors (Lipinski definition) is 5. The number of carbonyl (C=O) groups is 3. The topological polar surface area (TPSA) is 150 Å². The lowest BCUT2D eigenvalue weighted by atomic mass is 10.0. The first kappa shape index (κ1) is 23.7. The maximum absolute atomic E-state index is 13.0. The lowest BCUT2D eigenvalue weighted by Crippen LogP contribution is -2.56. The normalized spacial score (nSPS) is 13.5. The molecule has 0 aliphatic rings. The van der Waals surface area contributed by atoms with Gasteiger partial charge in [0.25, 0.3) is 0 Å². The first-order valence-electron chi connectivity index (χ1n) is 10.6. The molecular formula is C24H27N5O4. The summed E-state index contributed by atoms with van der Waals surface area (Å²) in [5.41, 5.74) is 8.34. The molecule has 0 radical (unpaired) electrons. The number of rotatable bonds is 11. The molecule has 9 heteroatoms. The summed E-state index contributed by atoms with van der Waals surface area (Å²) >= 11 is 0. The van der Waals surface area contributed by atoms with Crippen molar-refractivity contribution < 1.29 is 19.5 Å². The number of amides is 2. The van der Waals surface area contributed by atoms with Gasteiger partial charge in [-0.15, -0.1) is 0 Å². The Balaban J connectivity index is 1.69. The first-order valence-corrected chi connectivity index (χ1v) is 10.6. The summed E-state index contributed by atoms with van der Waals surface area (Å²) in [6.45, 7) is 0. The van der Waals surface area contributed by atoms with Crippen LogP contribution < -0.4 is 16.4 Å². The Kier molecular flexibility index (Phi) is 8.31. The molecule has 172 valence electrons. The summed E-state index contributed by atoms with van der Waals surface area (Å²) in [5, 5.41) is 14.8. The zero-order valence-electron chi connectivity index (χ0n) is 18.0. The average Bonchev–Trinajstić information content (AvgIpc) is 3.32. The molecule has 2 aromatic carbocycles. The van der Waals surface area contributed by atoms with Crippen molar-refractivity contribution in [1.29, 1.82) is 0 Å². The molecule has 0 bridgehead atoms. The predicted octanol–water partition coefficient (Wildman–Crippen LogP) is 0.819. The quantitative estimate of drug-likeness (QED) is 0.292. The minimum Gasteiger partial charge on any atom is -0.480 e. The standard InChI is InChI=1S/C24H27N5O4/c25-19(11-16-7-3-1-4-8-16)22(30)28-20(13-18-14-26-15-27-18)23(31)29-21(24(32)33)12-17-9-5-2-6-10-17/h1-10,14-15,19-21H,11-13,25H2,(H,26,27)(H,28,30)(H,29,31)(H,32,33). The molecule has 0 spiro atoms. The van der Waals surface area contributed by atoms with Crippen molar-refractivity contribution in [3.05, 3.63) is 90.0 Å². The second kappa shape index (κ2) is 11.6. The SMILES string of the molecule is NC(Cc1ccccc1)C(=O)NC(Cc1cnc[nH]1)C(=O)NC(Cc1ccccc1)C(=O)O. The van der Waals surface area contributed by atoms with Gasteiger partial charge in [-0.1, -0.05) is 60.7 Å². The number of nitrogens with zero attached hydrogens (tertiary/aromatic N) is 1. The van der Waals surface area contributed by atoms with Crippen LogP contribution in [0.15, 0.2) is 73.2 Å². The lowest BCUT2D eigenvalue weighted by Gasteiger charge is -2.23. The van der Waals surface area contributed by atoms with Crippen LogP contribution in [-0.4, -0.2) is 51.0 Å². The summed E-state index contributed by atoms with van der Waals surface area (Å²) in [6, 6.07) is 15.2. The van der Waals surface area contributed by atoms with E-state index >= 15 is 0 Å². The summed E-state index contributed by atoms with van der Waals surface area (Å²) in [5.74, 6) is -2.29. The van der Waals surface area contributed by atoms with Crippen molar-refractivity contribution in [3.63, 3.8) is 0 Å². The molecule has 0 fully saturated rings. The van der Waals surface area contributed by atoms with Gasteiger partial charge in [-0.3, -0.25) is 9.59 Å². The summed E-state index contributed by atoms with van der Waals surface area (Å²) in [6.07, 6.45) is 3.52. The summed E-state index contributed by atoms with van der Waals surface area (Å²) in [7, 11) is 0. The number of carboxylic acids is 1. The van der Waals surface area contributed by atoms with Gasteiger partial charge >= 0.3 is 5.97 Å². The fraction of sp³-hybridized carbons (Fsp3) is 0.250. The van der Waals surface area contributed by atoms with Gasteiger partial charge in [0.05, 0.1) is 12.4 Å². The van der Waals surface area contributed by atoms with Crippen LogP contribution >= 0.6 is 0 Å². The first-order chi connectivity index (χ1) is 15.9. The van der Waals surface area contributed by atoms with Gasteiger partial charge in [0.15, 0.2) is 0 Å². The molecule has 9 nitrogen and oxygen atoms in total. The molecule has 3 aromatic rings. The number of nitrogens with two attached hydrogens (primary N) is 1. The number of carbonyl (C=O) groups excluding carboxylic acids is 2. The van der Waals surface area contributed by atoms with E-state index in [1.54, 1.807) is 24.3 Å². The highest BCUT2D eigenvalue weighted by atomic mass is 16.4. The maximum atomic E-state index is 13.0. The molecule has 33 heavy (non-hydrogen) atoms. The number of H-pyrrole nitrogens is 1. The Hall–Kier alpha value is -3.98. The fourth-order valence-electron chi connectivity index (χ4n) is 3.39. The van der Waals surface area contributed by atoms with Crippen molar-refractivity contribution in [2.45, 2.75) is 37.4 Å². The average molecular weight is 450 g/mol. The van der Waals surface area contributed by atoms with Gasteiger partial charge in [0.1, 0.15) is 12.1 Å². The number of nitrogens with one attached hydrogen (secondary N) is 3. The summed E-state index contributed by atoms with van der Waals surface area (Å²) in [4.78, 5) is 44.4. The molecule has 1 heterocycles. The monoisotopic (exact) mass is 449 g/mol. The van der Waals surface area contributed by atoms with Crippen LogP contribution in [0.5, 0.6) is 0 Å². The highest BCUT2D eigenvalue weighted by Gasteiger charge is 2.28. The van der Waals surface area contributed by atoms with Crippen LogP contribution in [0.1, 0.15) is 16.8 Å². The Bertz CT molecular complexity index is 1040. The van der Waals surface area contributed by atoms with Gasteiger partial charge in [-0.2, -0.15) is 0 Å². The van der Waals surface area contributed by atoms with E-state index in [9.17, 15) is 19.5 Å². The van der Waals surface area contributed by atoms with Crippen LogP contribution in [0.25, 0.3) is 0 Å². The second-order valence-electron chi connectivity index (χ2n) is 7.73. The predicted molar refractivity (Wildman–Crippen MR) is 122 cm³/mol. The molecule has 3 rings (SSSR count). The van der Waals surface area contributed by atoms with Gasteiger partial charge < -0.3 is 26.5 Å². The number of carboxylic acid groups (broad SMARTS) is 1. The Morgan fingerprint density at radius 2 is 1.42 bits per heavy atom. The fourth-order valence-corrected chi connectivity index (χ4v) is 3.39. The van der Waals surface area contributed by atoms with E-state index in [2.05, 4.69) is 20.6 Å². The van der Waals surface area contributed by atoms with Crippen molar-refractivity contribution in [2.24, 2.45) is 5.73 Å². The third kappa shape index (κ3) is 7.29. The van der Waals surface area contributed by atoms with E-state index in [4.69, 9.17) is 5.73 Å². The minimum absolute atomic E-state index is 0.104. The lowest BCUT2D eigenvalue weighted by molar-refractivity contribution is -0.142. The molecule has 0 saturated carbocycles. The largest absolute Gasteiger partial charge is 0.480 e. The van der Waals surface area contributed by atoms with Crippen LogP contribution in [-0.2, 0) is 33.6 Å². The molecule has 3 unspecified atom stereocenters. The molecular weight excluding hydrogens is 422 g/mol.